The van der Waals surface area contributed by atoms with Crippen LogP contribution in [0.3, 0.4) is 0 Å². The van der Waals surface area contributed by atoms with Crippen LogP contribution in [0.4, 0.5) is 0 Å². The molecule has 1 aliphatic carbocycles. The highest BCUT2D eigenvalue weighted by Gasteiger charge is 2.50. The average Bonchev–Trinajstić information content (AvgIpc) is 3.63. The van der Waals surface area contributed by atoms with E-state index in [1.807, 2.05) is 6.92 Å². The smallest absolute Gasteiger partial charge is 0.0731 e. The van der Waals surface area contributed by atoms with Crippen molar-refractivity contribution in [1.82, 2.24) is 0 Å². The largest absolute Gasteiger partial charge is 0.103 e. The molecule has 12 aromatic rings. The summed E-state index contributed by atoms with van der Waals surface area (Å²) in [5, 5.41) is 18.0. The third-order valence-electron chi connectivity index (χ3n) is 13.2. The molecule has 0 amide bonds. The van der Waals surface area contributed by atoms with Crippen molar-refractivity contribution in [1.29, 1.82) is 0 Å². The Bertz CT molecular complexity index is 3590. The Hall–Kier alpha value is -7.54. The maximum absolute atomic E-state index is 3.36. The first-order valence-electron chi connectivity index (χ1n) is 21.0. The Morgan fingerprint density at radius 3 is 1.40 bits per heavy atom. The topological polar surface area (TPSA) is 0 Å². The molecule has 0 bridgehead atoms. The minimum absolute atomic E-state index is 0.657. The first kappa shape index (κ1) is 34.5. The SMILES string of the molecule is C=CC.c1cc(-c2ccc3ccc4cccc5ccc2c3c45)c2c(c1)C(c1cccc3ccccc13)(c1cccc3ccccc13)c1c-2c2ccccc2c2ccccc12. The van der Waals surface area contributed by atoms with E-state index in [-0.39, 0.29) is 0 Å². The van der Waals surface area contributed by atoms with Crippen LogP contribution in [0.2, 0.25) is 0 Å². The molecular formula is C60H40. The highest BCUT2D eigenvalue weighted by Crippen LogP contribution is 2.64. The van der Waals surface area contributed by atoms with Crippen molar-refractivity contribution in [3.05, 3.63) is 241 Å². The van der Waals surface area contributed by atoms with Crippen molar-refractivity contribution in [2.75, 3.05) is 0 Å². The van der Waals surface area contributed by atoms with Gasteiger partial charge in [0.05, 0.1) is 5.41 Å². The summed E-state index contributed by atoms with van der Waals surface area (Å²) in [6, 6.07) is 78.0. The molecule has 0 saturated heterocycles. The molecule has 0 nitrogen and oxygen atoms in total. The monoisotopic (exact) mass is 760 g/mol. The normalized spacial score (nSPS) is 12.9. The molecule has 0 aliphatic heterocycles. The van der Waals surface area contributed by atoms with Crippen LogP contribution in [-0.4, -0.2) is 0 Å². The zero-order valence-corrected chi connectivity index (χ0v) is 33.4. The van der Waals surface area contributed by atoms with Crippen LogP contribution in [0.25, 0.3) is 97.7 Å². The number of fused-ring (bicyclic) bond motifs is 10. The number of hydrogen-bond donors (Lipinski definition) is 0. The van der Waals surface area contributed by atoms with Crippen molar-refractivity contribution in [2.24, 2.45) is 0 Å². The fraction of sp³-hybridized carbons (Fsp3) is 0.0333. The van der Waals surface area contributed by atoms with Gasteiger partial charge in [-0.2, -0.15) is 0 Å². The molecular weight excluding hydrogens is 721 g/mol. The van der Waals surface area contributed by atoms with Crippen LogP contribution in [0.1, 0.15) is 29.2 Å². The summed E-state index contributed by atoms with van der Waals surface area (Å²) in [4.78, 5) is 0. The quantitative estimate of drug-likeness (QED) is 0.124. The maximum atomic E-state index is 3.36. The van der Waals surface area contributed by atoms with Gasteiger partial charge in [0.2, 0.25) is 0 Å². The number of allylic oxidation sites excluding steroid dienone is 1. The van der Waals surface area contributed by atoms with Gasteiger partial charge in [-0.3, -0.25) is 0 Å². The summed E-state index contributed by atoms with van der Waals surface area (Å²) >= 11 is 0. The molecule has 0 radical (unpaired) electrons. The Morgan fingerprint density at radius 1 is 0.317 bits per heavy atom. The Kier molecular flexibility index (Phi) is 7.62. The van der Waals surface area contributed by atoms with E-state index < -0.39 is 5.41 Å². The van der Waals surface area contributed by atoms with Gasteiger partial charge in [0.25, 0.3) is 0 Å². The molecule has 0 fully saturated rings. The van der Waals surface area contributed by atoms with Crippen LogP contribution in [0.5, 0.6) is 0 Å². The van der Waals surface area contributed by atoms with Gasteiger partial charge >= 0.3 is 0 Å². The molecule has 0 heteroatoms. The van der Waals surface area contributed by atoms with E-state index in [9.17, 15) is 0 Å². The van der Waals surface area contributed by atoms with E-state index in [0.29, 0.717) is 0 Å². The molecule has 280 valence electrons. The minimum atomic E-state index is -0.657. The molecule has 1 aliphatic rings. The highest BCUT2D eigenvalue weighted by atomic mass is 14.5. The van der Waals surface area contributed by atoms with Gasteiger partial charge in [0, 0.05) is 0 Å². The lowest BCUT2D eigenvalue weighted by atomic mass is 9.64. The van der Waals surface area contributed by atoms with Crippen LogP contribution in [0, 0.1) is 0 Å². The molecule has 0 atom stereocenters. The van der Waals surface area contributed by atoms with E-state index in [1.165, 1.54) is 120 Å². The van der Waals surface area contributed by atoms with Crippen LogP contribution < -0.4 is 0 Å². The summed E-state index contributed by atoms with van der Waals surface area (Å²) in [6.45, 7) is 5.25. The average molecular weight is 761 g/mol. The molecule has 0 aromatic heterocycles. The summed E-state index contributed by atoms with van der Waals surface area (Å²) in [6.07, 6.45) is 1.75. The highest BCUT2D eigenvalue weighted by molar-refractivity contribution is 6.27. The number of rotatable bonds is 3. The van der Waals surface area contributed by atoms with E-state index in [4.69, 9.17) is 0 Å². The standard InChI is InChI=1S/C57H34.C3H6/c1-3-19-40-35(13-1)15-10-26-49(40)57(50-27-11-16-36-14-2-4-20-41(36)50)51-28-12-25-45(44-33-31-39-30-29-37-17-9-18-38-32-34-47(44)53(39)52(37)38)54(51)55-46-23-7-5-21-42(46)43-22-6-8-24-48(43)56(55)57;1-3-2/h1-34H;3H,1H2,2H3. The lowest BCUT2D eigenvalue weighted by Crippen LogP contribution is -2.29. The van der Waals surface area contributed by atoms with Crippen LogP contribution in [-0.2, 0) is 5.41 Å². The predicted octanol–water partition coefficient (Wildman–Crippen LogP) is 16.4. The van der Waals surface area contributed by atoms with E-state index in [1.54, 1.807) is 6.08 Å². The zero-order chi connectivity index (χ0) is 40.0. The zero-order valence-electron chi connectivity index (χ0n) is 33.4. The van der Waals surface area contributed by atoms with Crippen molar-refractivity contribution in [2.45, 2.75) is 12.3 Å². The number of benzene rings is 12. The Morgan fingerprint density at radius 2 is 0.750 bits per heavy atom. The Balaban J connectivity index is 0.00000126. The second-order valence-electron chi connectivity index (χ2n) is 16.3. The maximum Gasteiger partial charge on any atom is 0.0731 e. The Labute approximate surface area is 349 Å². The first-order chi connectivity index (χ1) is 29.7. The molecule has 60 heavy (non-hydrogen) atoms. The minimum Gasteiger partial charge on any atom is -0.103 e. The lowest BCUT2D eigenvalue weighted by Gasteiger charge is -2.37. The first-order valence-corrected chi connectivity index (χ1v) is 21.0. The third kappa shape index (κ3) is 4.62. The van der Waals surface area contributed by atoms with E-state index in [2.05, 4.69) is 213 Å². The third-order valence-corrected chi connectivity index (χ3v) is 13.2. The lowest BCUT2D eigenvalue weighted by molar-refractivity contribution is 0.792. The molecule has 0 saturated carbocycles. The molecule has 0 heterocycles. The molecule has 0 unspecified atom stereocenters. The summed E-state index contributed by atoms with van der Waals surface area (Å²) in [5.74, 6) is 0. The predicted molar refractivity (Wildman–Crippen MR) is 259 cm³/mol. The van der Waals surface area contributed by atoms with Crippen LogP contribution in [0.15, 0.2) is 219 Å². The van der Waals surface area contributed by atoms with E-state index >= 15 is 0 Å². The van der Waals surface area contributed by atoms with Crippen molar-refractivity contribution >= 4 is 75.4 Å². The molecule has 12 aromatic carbocycles. The second kappa shape index (κ2) is 13.2. The summed E-state index contributed by atoms with van der Waals surface area (Å²) in [5.41, 5.74) is 9.86. The van der Waals surface area contributed by atoms with Gasteiger partial charge in [-0.1, -0.05) is 212 Å². The van der Waals surface area contributed by atoms with Gasteiger partial charge in [0.1, 0.15) is 0 Å². The van der Waals surface area contributed by atoms with E-state index in [0.717, 1.165) is 0 Å². The molecule has 13 rings (SSSR count). The van der Waals surface area contributed by atoms with Crippen molar-refractivity contribution in [3.8, 4) is 22.3 Å². The van der Waals surface area contributed by atoms with Gasteiger partial charge in [-0.15, -0.1) is 6.58 Å². The van der Waals surface area contributed by atoms with Crippen LogP contribution >= 0.6 is 0 Å². The van der Waals surface area contributed by atoms with Crippen molar-refractivity contribution in [3.63, 3.8) is 0 Å². The fourth-order valence-corrected chi connectivity index (χ4v) is 11.1. The number of hydrogen-bond acceptors (Lipinski definition) is 0. The van der Waals surface area contributed by atoms with Gasteiger partial charge in [0.15, 0.2) is 0 Å². The second-order valence-corrected chi connectivity index (χ2v) is 16.3. The van der Waals surface area contributed by atoms with Gasteiger partial charge in [-0.05, 0) is 127 Å². The summed E-state index contributed by atoms with van der Waals surface area (Å²) in [7, 11) is 0. The van der Waals surface area contributed by atoms with Crippen molar-refractivity contribution < 1.29 is 0 Å². The fourth-order valence-electron chi connectivity index (χ4n) is 11.1. The molecule has 0 spiro atoms. The summed E-state index contributed by atoms with van der Waals surface area (Å²) < 4.78 is 0. The molecule has 0 N–H and O–H groups in total. The van der Waals surface area contributed by atoms with Gasteiger partial charge < -0.3 is 0 Å². The van der Waals surface area contributed by atoms with Gasteiger partial charge in [-0.25, -0.2) is 0 Å².